The molecule has 4 aromatic rings. The van der Waals surface area contributed by atoms with Gasteiger partial charge in [-0.2, -0.15) is 5.10 Å². The summed E-state index contributed by atoms with van der Waals surface area (Å²) in [5, 5.41) is 8.20. The summed E-state index contributed by atoms with van der Waals surface area (Å²) in [7, 11) is 0. The predicted octanol–water partition coefficient (Wildman–Crippen LogP) is 4.46. The van der Waals surface area contributed by atoms with Crippen molar-refractivity contribution in [2.45, 2.75) is 25.5 Å². The quantitative estimate of drug-likeness (QED) is 0.483. The lowest BCUT2D eigenvalue weighted by molar-refractivity contribution is -0.0367. The van der Waals surface area contributed by atoms with Gasteiger partial charge < -0.3 is 14.5 Å². The Kier molecular flexibility index (Phi) is 5.05. The molecule has 0 bridgehead atoms. The maximum Gasteiger partial charge on any atom is 0.276 e. The molecule has 0 spiro atoms. The monoisotopic (exact) mass is 416 g/mol. The van der Waals surface area contributed by atoms with Crippen LogP contribution in [0.5, 0.6) is 0 Å². The number of hydrogen-bond acceptors (Lipinski definition) is 6. The molecule has 4 heterocycles. The first kappa shape index (κ1) is 19.2. The van der Waals surface area contributed by atoms with Crippen LogP contribution in [0, 0.1) is 0 Å². The molecule has 156 valence electrons. The number of nitrogens with one attached hydrogen (secondary N) is 1. The zero-order valence-electron chi connectivity index (χ0n) is 16.7. The zero-order valence-corrected chi connectivity index (χ0v) is 16.7. The van der Waals surface area contributed by atoms with Crippen LogP contribution in [0.2, 0.25) is 0 Å². The van der Waals surface area contributed by atoms with Crippen molar-refractivity contribution in [1.82, 2.24) is 14.8 Å². The molecule has 1 fully saturated rings. The molecule has 1 aromatic carbocycles. The summed E-state index contributed by atoms with van der Waals surface area (Å²) < 4.78 is 13.3. The highest BCUT2D eigenvalue weighted by Crippen LogP contribution is 2.32. The fourth-order valence-corrected chi connectivity index (χ4v) is 3.79. The van der Waals surface area contributed by atoms with Crippen LogP contribution >= 0.6 is 0 Å². The molecule has 1 unspecified atom stereocenters. The third-order valence-electron chi connectivity index (χ3n) is 5.32. The Hall–Kier alpha value is -3.78. The summed E-state index contributed by atoms with van der Waals surface area (Å²) >= 11 is 0. The predicted molar refractivity (Wildman–Crippen MR) is 114 cm³/mol. The number of fused-ring (bicyclic) bond motifs is 1. The van der Waals surface area contributed by atoms with E-state index in [1.807, 2.05) is 18.2 Å². The van der Waals surface area contributed by atoms with E-state index < -0.39 is 0 Å². The first-order chi connectivity index (χ1) is 15.2. The van der Waals surface area contributed by atoms with Crippen LogP contribution < -0.4 is 5.32 Å². The summed E-state index contributed by atoms with van der Waals surface area (Å²) in [5.41, 5.74) is 2.49. The van der Waals surface area contributed by atoms with Gasteiger partial charge in [-0.1, -0.05) is 0 Å². The third-order valence-corrected chi connectivity index (χ3v) is 5.32. The van der Waals surface area contributed by atoms with E-state index in [-0.39, 0.29) is 17.9 Å². The van der Waals surface area contributed by atoms with E-state index >= 15 is 0 Å². The van der Waals surface area contributed by atoms with Gasteiger partial charge in [-0.05, 0) is 61.7 Å². The zero-order chi connectivity index (χ0) is 21.2. The first-order valence-electron chi connectivity index (χ1n) is 10.1. The van der Waals surface area contributed by atoms with E-state index in [0.717, 1.165) is 30.3 Å². The van der Waals surface area contributed by atoms with Gasteiger partial charge in [0.15, 0.2) is 24.0 Å². The number of nitrogens with zero attached hydrogens (tertiary/aromatic N) is 3. The van der Waals surface area contributed by atoms with Crippen LogP contribution in [0.15, 0.2) is 59.3 Å². The van der Waals surface area contributed by atoms with Crippen molar-refractivity contribution >= 4 is 28.8 Å². The first-order valence-corrected chi connectivity index (χ1v) is 10.1. The molecule has 1 amide bonds. The van der Waals surface area contributed by atoms with Crippen LogP contribution in [0.4, 0.5) is 5.69 Å². The minimum atomic E-state index is -0.323. The number of carbonyl (C=O) groups excluding carboxylic acids is 2. The van der Waals surface area contributed by atoms with Gasteiger partial charge in [0.05, 0.1) is 5.52 Å². The van der Waals surface area contributed by atoms with Gasteiger partial charge in [-0.3, -0.25) is 14.6 Å². The summed E-state index contributed by atoms with van der Waals surface area (Å²) in [5.74, 6) is 0.471. The summed E-state index contributed by atoms with van der Waals surface area (Å²) in [6.45, 7) is 0.670. The number of carbonyl (C=O) groups is 2. The Morgan fingerprint density at radius 3 is 2.74 bits per heavy atom. The molecular weight excluding hydrogens is 396 g/mol. The number of aromatic nitrogens is 3. The molecule has 1 aliphatic rings. The number of anilines is 1. The number of ether oxygens (including phenoxy) is 1. The molecule has 1 saturated heterocycles. The number of aldehydes is 1. The van der Waals surface area contributed by atoms with Crippen molar-refractivity contribution in [3.05, 3.63) is 66.3 Å². The fourth-order valence-electron chi connectivity index (χ4n) is 3.79. The number of rotatable bonds is 5. The van der Waals surface area contributed by atoms with Crippen molar-refractivity contribution in [3.63, 3.8) is 0 Å². The number of pyridine rings is 1. The van der Waals surface area contributed by atoms with Crippen molar-refractivity contribution in [1.29, 1.82) is 0 Å². The van der Waals surface area contributed by atoms with Gasteiger partial charge in [-0.15, -0.1) is 0 Å². The van der Waals surface area contributed by atoms with E-state index in [2.05, 4.69) is 15.4 Å². The van der Waals surface area contributed by atoms with Crippen LogP contribution in [0.1, 0.15) is 46.5 Å². The third kappa shape index (κ3) is 3.73. The summed E-state index contributed by atoms with van der Waals surface area (Å²) in [4.78, 5) is 28.1. The second-order valence-corrected chi connectivity index (χ2v) is 7.36. The van der Waals surface area contributed by atoms with Crippen molar-refractivity contribution in [2.75, 3.05) is 11.9 Å². The van der Waals surface area contributed by atoms with E-state index in [1.165, 1.54) is 0 Å². The van der Waals surface area contributed by atoms with Crippen LogP contribution in [0.25, 0.3) is 22.2 Å². The average molecular weight is 416 g/mol. The molecule has 1 atom stereocenters. The second kappa shape index (κ2) is 8.16. The van der Waals surface area contributed by atoms with Gasteiger partial charge in [0, 0.05) is 35.6 Å². The van der Waals surface area contributed by atoms with Gasteiger partial charge in [-0.25, -0.2) is 4.68 Å². The topological polar surface area (TPSA) is 99.2 Å². The Labute approximate surface area is 177 Å². The standard InChI is InChI=1S/C23H20N4O4/c28-14-17-5-7-20(31-17)15-4-6-19-18(13-15)22(23(29)25-16-8-10-24-11-9-16)26-27(19)21-3-1-2-12-30-21/h4-11,13-14,21H,1-3,12H2,(H,24,25,29). The normalized spacial score (nSPS) is 16.3. The van der Waals surface area contributed by atoms with E-state index in [4.69, 9.17) is 9.15 Å². The van der Waals surface area contributed by atoms with Crippen molar-refractivity contribution in [3.8, 4) is 11.3 Å². The van der Waals surface area contributed by atoms with E-state index in [1.54, 1.807) is 41.3 Å². The highest BCUT2D eigenvalue weighted by atomic mass is 16.5. The number of amides is 1. The van der Waals surface area contributed by atoms with Crippen molar-refractivity contribution in [2.24, 2.45) is 0 Å². The van der Waals surface area contributed by atoms with Crippen LogP contribution in [-0.2, 0) is 4.74 Å². The van der Waals surface area contributed by atoms with E-state index in [0.29, 0.717) is 35.4 Å². The minimum absolute atomic E-state index is 0.213. The molecule has 5 rings (SSSR count). The Morgan fingerprint density at radius 2 is 2.00 bits per heavy atom. The fraction of sp³-hybridized carbons (Fsp3) is 0.217. The van der Waals surface area contributed by atoms with Gasteiger partial charge >= 0.3 is 0 Å². The molecule has 0 radical (unpaired) electrons. The molecule has 3 aromatic heterocycles. The Morgan fingerprint density at radius 1 is 1.13 bits per heavy atom. The lowest BCUT2D eigenvalue weighted by Crippen LogP contribution is -2.20. The Balaban J connectivity index is 1.59. The maximum atomic E-state index is 13.1. The lowest BCUT2D eigenvalue weighted by Gasteiger charge is -2.23. The molecule has 8 nitrogen and oxygen atoms in total. The molecule has 8 heteroatoms. The lowest BCUT2D eigenvalue weighted by atomic mass is 10.1. The Bertz CT molecular complexity index is 1240. The SMILES string of the molecule is O=Cc1ccc(-c2ccc3c(c2)c(C(=O)Nc2ccncc2)nn3C2CCCCO2)o1. The van der Waals surface area contributed by atoms with Gasteiger partial charge in [0.1, 0.15) is 5.76 Å². The van der Waals surface area contributed by atoms with Crippen LogP contribution in [0.3, 0.4) is 0 Å². The molecular formula is C23H20N4O4. The van der Waals surface area contributed by atoms with Crippen molar-refractivity contribution < 1.29 is 18.7 Å². The molecule has 31 heavy (non-hydrogen) atoms. The number of furan rings is 1. The second-order valence-electron chi connectivity index (χ2n) is 7.36. The molecule has 1 N–H and O–H groups in total. The highest BCUT2D eigenvalue weighted by Gasteiger charge is 2.24. The molecule has 0 aliphatic carbocycles. The smallest absolute Gasteiger partial charge is 0.276 e. The summed E-state index contributed by atoms with van der Waals surface area (Å²) in [6.07, 6.45) is 6.58. The molecule has 0 saturated carbocycles. The van der Waals surface area contributed by atoms with Gasteiger partial charge in [0.2, 0.25) is 0 Å². The summed E-state index contributed by atoms with van der Waals surface area (Å²) in [6, 6.07) is 12.4. The minimum Gasteiger partial charge on any atom is -0.453 e. The average Bonchev–Trinajstić information content (AvgIpc) is 3.45. The van der Waals surface area contributed by atoms with E-state index in [9.17, 15) is 9.59 Å². The van der Waals surface area contributed by atoms with Gasteiger partial charge in [0.25, 0.3) is 5.91 Å². The number of hydrogen-bond donors (Lipinski definition) is 1. The highest BCUT2D eigenvalue weighted by molar-refractivity contribution is 6.11. The number of benzene rings is 1. The van der Waals surface area contributed by atoms with Crippen LogP contribution in [-0.4, -0.2) is 33.6 Å². The molecule has 1 aliphatic heterocycles. The largest absolute Gasteiger partial charge is 0.453 e. The maximum absolute atomic E-state index is 13.1.